The number of ether oxygens (including phenoxy) is 1. The van der Waals surface area contributed by atoms with Gasteiger partial charge < -0.3 is 9.15 Å². The maximum atomic E-state index is 6.26. The van der Waals surface area contributed by atoms with Gasteiger partial charge in [-0.3, -0.25) is 4.90 Å². The molecule has 0 saturated heterocycles. The summed E-state index contributed by atoms with van der Waals surface area (Å²) in [5.74, 6) is 1.52. The monoisotopic (exact) mass is 378 g/mol. The van der Waals surface area contributed by atoms with Crippen molar-refractivity contribution in [2.75, 3.05) is 13.1 Å². The molecule has 1 unspecified atom stereocenters. The van der Waals surface area contributed by atoms with E-state index in [1.54, 1.807) is 0 Å². The number of hydrogen-bond donors (Lipinski definition) is 0. The molecule has 1 atom stereocenters. The molecule has 28 heavy (non-hydrogen) atoms. The summed E-state index contributed by atoms with van der Waals surface area (Å²) in [6.07, 6.45) is 7.28. The van der Waals surface area contributed by atoms with E-state index in [4.69, 9.17) is 9.15 Å². The molecule has 4 heteroatoms. The van der Waals surface area contributed by atoms with Gasteiger partial charge in [0.05, 0.1) is 0 Å². The van der Waals surface area contributed by atoms with E-state index >= 15 is 0 Å². The average molecular weight is 379 g/mol. The smallest absolute Gasteiger partial charge is 0.220 e. The number of aromatic nitrogens is 1. The van der Waals surface area contributed by atoms with Crippen molar-refractivity contribution in [2.45, 2.75) is 46.3 Å². The Hall–Kier alpha value is -2.59. The normalized spacial score (nSPS) is 12.9. The van der Waals surface area contributed by atoms with Gasteiger partial charge in [0.1, 0.15) is 11.3 Å². The van der Waals surface area contributed by atoms with Gasteiger partial charge in [0.2, 0.25) is 5.89 Å². The lowest BCUT2D eigenvalue weighted by atomic mass is 10.2. The van der Waals surface area contributed by atoms with Crippen molar-refractivity contribution in [1.29, 1.82) is 0 Å². The zero-order chi connectivity index (χ0) is 19.8. The van der Waals surface area contributed by atoms with Gasteiger partial charge in [0.15, 0.2) is 11.8 Å². The second-order valence-corrected chi connectivity index (χ2v) is 6.94. The highest BCUT2D eigenvalue weighted by Gasteiger charge is 2.16. The van der Waals surface area contributed by atoms with Gasteiger partial charge in [-0.05, 0) is 55.2 Å². The number of hydrogen-bond acceptors (Lipinski definition) is 4. The minimum Gasteiger partial charge on any atom is -0.475 e. The largest absolute Gasteiger partial charge is 0.475 e. The van der Waals surface area contributed by atoms with Crippen molar-refractivity contribution in [3.05, 3.63) is 60.0 Å². The summed E-state index contributed by atoms with van der Waals surface area (Å²) in [6.45, 7) is 8.75. The van der Waals surface area contributed by atoms with Gasteiger partial charge in [-0.25, -0.2) is 4.98 Å². The lowest BCUT2D eigenvalue weighted by Crippen LogP contribution is -2.40. The Labute approximate surface area is 167 Å². The van der Waals surface area contributed by atoms with Gasteiger partial charge in [-0.15, -0.1) is 0 Å². The second-order valence-electron chi connectivity index (χ2n) is 6.94. The number of oxazole rings is 1. The second kappa shape index (κ2) is 10.1. The minimum absolute atomic E-state index is 0.126. The van der Waals surface area contributed by atoms with Gasteiger partial charge >= 0.3 is 0 Å². The molecule has 4 nitrogen and oxygen atoms in total. The van der Waals surface area contributed by atoms with Gasteiger partial charge in [0, 0.05) is 19.2 Å². The van der Waals surface area contributed by atoms with E-state index in [9.17, 15) is 0 Å². The molecule has 3 rings (SSSR count). The van der Waals surface area contributed by atoms with Crippen LogP contribution in [0.15, 0.2) is 52.9 Å². The van der Waals surface area contributed by atoms with Crippen molar-refractivity contribution in [1.82, 2.24) is 9.88 Å². The highest BCUT2D eigenvalue weighted by Crippen LogP contribution is 2.20. The fourth-order valence-corrected chi connectivity index (χ4v) is 3.33. The molecule has 1 heterocycles. The molecule has 0 aliphatic carbocycles. The van der Waals surface area contributed by atoms with E-state index in [0.717, 1.165) is 54.8 Å². The third-order valence-corrected chi connectivity index (χ3v) is 4.66. The van der Waals surface area contributed by atoms with Gasteiger partial charge in [-0.2, -0.15) is 0 Å². The Morgan fingerprint density at radius 2 is 1.68 bits per heavy atom. The number of rotatable bonds is 10. The molecule has 0 bridgehead atoms. The number of para-hydroxylation sites is 2. The lowest BCUT2D eigenvalue weighted by molar-refractivity contribution is 0.0221. The first kappa shape index (κ1) is 20.2. The average Bonchev–Trinajstić information content (AvgIpc) is 3.14. The highest BCUT2D eigenvalue weighted by molar-refractivity contribution is 5.75. The van der Waals surface area contributed by atoms with Crippen LogP contribution in [0, 0.1) is 0 Å². The van der Waals surface area contributed by atoms with Crippen molar-refractivity contribution in [3.63, 3.8) is 0 Å². The molecule has 0 aliphatic heterocycles. The van der Waals surface area contributed by atoms with Crippen LogP contribution in [0.4, 0.5) is 0 Å². The molecular formula is C24H30N2O2. The first-order chi connectivity index (χ1) is 13.7. The van der Waals surface area contributed by atoms with Crippen LogP contribution in [-0.2, 0) is 0 Å². The molecule has 0 saturated carbocycles. The zero-order valence-electron chi connectivity index (χ0n) is 17.1. The maximum Gasteiger partial charge on any atom is 0.220 e. The van der Waals surface area contributed by atoms with Crippen LogP contribution in [0.25, 0.3) is 23.3 Å². The van der Waals surface area contributed by atoms with Crippen molar-refractivity contribution in [2.24, 2.45) is 0 Å². The molecule has 0 spiro atoms. The quantitative estimate of drug-likeness (QED) is 0.392. The van der Waals surface area contributed by atoms with E-state index in [1.165, 1.54) is 0 Å². The number of benzene rings is 2. The fourth-order valence-electron chi connectivity index (χ4n) is 3.33. The van der Waals surface area contributed by atoms with Crippen LogP contribution < -0.4 is 4.74 Å². The van der Waals surface area contributed by atoms with Crippen LogP contribution in [0.5, 0.6) is 5.75 Å². The fraction of sp³-hybridized carbons (Fsp3) is 0.375. The number of fused-ring (bicyclic) bond motifs is 1. The predicted molar refractivity (Wildman–Crippen MR) is 116 cm³/mol. The molecule has 0 amide bonds. The van der Waals surface area contributed by atoms with E-state index in [1.807, 2.05) is 48.6 Å². The summed E-state index contributed by atoms with van der Waals surface area (Å²) in [5, 5.41) is 0. The topological polar surface area (TPSA) is 38.5 Å². The van der Waals surface area contributed by atoms with E-state index < -0.39 is 0 Å². The van der Waals surface area contributed by atoms with Crippen molar-refractivity contribution >= 4 is 23.3 Å². The van der Waals surface area contributed by atoms with Gasteiger partial charge in [0.25, 0.3) is 0 Å². The molecule has 0 fully saturated rings. The van der Waals surface area contributed by atoms with E-state index in [-0.39, 0.29) is 6.23 Å². The van der Waals surface area contributed by atoms with E-state index in [0.29, 0.717) is 5.89 Å². The molecule has 3 aromatic rings. The van der Waals surface area contributed by atoms with Crippen LogP contribution in [0.3, 0.4) is 0 Å². The van der Waals surface area contributed by atoms with Crippen molar-refractivity contribution < 1.29 is 9.15 Å². The van der Waals surface area contributed by atoms with Gasteiger partial charge in [-0.1, -0.05) is 45.0 Å². The Morgan fingerprint density at radius 3 is 2.32 bits per heavy atom. The van der Waals surface area contributed by atoms with Crippen LogP contribution >= 0.6 is 0 Å². The Kier molecular flexibility index (Phi) is 7.26. The van der Waals surface area contributed by atoms with Crippen LogP contribution in [0.1, 0.15) is 51.5 Å². The Bertz CT molecular complexity index is 844. The predicted octanol–water partition coefficient (Wildman–Crippen LogP) is 6.24. The molecule has 2 aromatic carbocycles. The summed E-state index contributed by atoms with van der Waals surface area (Å²) >= 11 is 0. The van der Waals surface area contributed by atoms with Crippen molar-refractivity contribution in [3.8, 4) is 5.75 Å². The molecule has 0 radical (unpaired) electrons. The zero-order valence-corrected chi connectivity index (χ0v) is 17.1. The first-order valence-corrected chi connectivity index (χ1v) is 10.3. The third kappa shape index (κ3) is 5.23. The van der Waals surface area contributed by atoms with Crippen LogP contribution in [0.2, 0.25) is 0 Å². The summed E-state index contributed by atoms with van der Waals surface area (Å²) in [7, 11) is 0. The summed E-state index contributed by atoms with van der Waals surface area (Å²) < 4.78 is 12.0. The Morgan fingerprint density at radius 1 is 0.964 bits per heavy atom. The summed E-state index contributed by atoms with van der Waals surface area (Å²) in [5.41, 5.74) is 2.77. The standard InChI is InChI=1S/C24H30N2O2/c1-4-17-26(18-5-2)24(6-3)27-20-14-11-19(12-15-20)13-16-23-25-21-9-7-8-10-22(21)28-23/h7-16,24H,4-6,17-18H2,1-3H3/b16-13+. The molecule has 0 aliphatic rings. The summed E-state index contributed by atoms with van der Waals surface area (Å²) in [4.78, 5) is 6.90. The number of nitrogens with zero attached hydrogens (tertiary/aromatic N) is 2. The summed E-state index contributed by atoms with van der Waals surface area (Å²) in [6, 6.07) is 16.0. The lowest BCUT2D eigenvalue weighted by Gasteiger charge is -2.30. The highest BCUT2D eigenvalue weighted by atomic mass is 16.5. The molecule has 148 valence electrons. The van der Waals surface area contributed by atoms with E-state index in [2.05, 4.69) is 42.8 Å². The maximum absolute atomic E-state index is 6.26. The first-order valence-electron chi connectivity index (χ1n) is 10.3. The third-order valence-electron chi connectivity index (χ3n) is 4.66. The Balaban J connectivity index is 1.65. The minimum atomic E-state index is 0.126. The molecule has 0 N–H and O–H groups in total. The molecule has 1 aromatic heterocycles. The van der Waals surface area contributed by atoms with Crippen LogP contribution in [-0.4, -0.2) is 29.2 Å². The SMILES string of the molecule is CCCN(CCC)C(CC)Oc1ccc(/C=C/c2nc3ccccc3o2)cc1. The molecular weight excluding hydrogens is 348 g/mol.